The van der Waals surface area contributed by atoms with E-state index in [1.807, 2.05) is 31.2 Å². The van der Waals surface area contributed by atoms with Crippen LogP contribution in [0.4, 0.5) is 11.7 Å². The van der Waals surface area contributed by atoms with Gasteiger partial charge in [-0.05, 0) is 31.0 Å². The number of benzene rings is 2. The Morgan fingerprint density at radius 2 is 1.77 bits per heavy atom. The van der Waals surface area contributed by atoms with Gasteiger partial charge in [0.1, 0.15) is 0 Å². The third-order valence-corrected chi connectivity index (χ3v) is 4.17. The minimum Gasteiger partial charge on any atom is -0.398 e. The van der Waals surface area contributed by atoms with Crippen molar-refractivity contribution in [2.75, 3.05) is 5.32 Å². The monoisotopic (exact) mass is 311 g/mol. The van der Waals surface area contributed by atoms with Gasteiger partial charge in [0.05, 0.1) is 0 Å². The molecule has 5 heteroatoms. The molecule has 0 saturated carbocycles. The van der Waals surface area contributed by atoms with Crippen LogP contribution in [-0.4, -0.2) is 10.2 Å². The molecular weight excluding hydrogens is 294 g/mol. The standard InChI is InChI=1S/C17H17N3OS/c1-12-7-9-14(10-8-12)11-22-17-20-19-16(21-17)18-15-6-4-3-5-13(15)2/h3-10H,11H2,1-2H3,(H,18,19). The van der Waals surface area contributed by atoms with E-state index in [0.717, 1.165) is 17.0 Å². The van der Waals surface area contributed by atoms with Gasteiger partial charge >= 0.3 is 6.01 Å². The average molecular weight is 311 g/mol. The van der Waals surface area contributed by atoms with E-state index in [1.54, 1.807) is 0 Å². The second kappa shape index (κ2) is 6.66. The zero-order chi connectivity index (χ0) is 15.4. The van der Waals surface area contributed by atoms with Gasteiger partial charge in [-0.1, -0.05) is 70.0 Å². The van der Waals surface area contributed by atoms with E-state index in [4.69, 9.17) is 4.42 Å². The number of para-hydroxylation sites is 1. The van der Waals surface area contributed by atoms with E-state index in [9.17, 15) is 0 Å². The summed E-state index contributed by atoms with van der Waals surface area (Å²) in [6, 6.07) is 16.8. The molecule has 0 unspecified atom stereocenters. The van der Waals surface area contributed by atoms with Gasteiger partial charge in [-0.2, -0.15) is 0 Å². The zero-order valence-corrected chi connectivity index (χ0v) is 13.4. The summed E-state index contributed by atoms with van der Waals surface area (Å²) < 4.78 is 5.62. The molecule has 0 aliphatic heterocycles. The number of nitrogens with one attached hydrogen (secondary N) is 1. The maximum absolute atomic E-state index is 5.62. The number of thioether (sulfide) groups is 1. The van der Waals surface area contributed by atoms with Gasteiger partial charge < -0.3 is 9.73 Å². The van der Waals surface area contributed by atoms with Gasteiger partial charge in [-0.3, -0.25) is 0 Å². The van der Waals surface area contributed by atoms with E-state index in [2.05, 4.69) is 46.7 Å². The Labute approximate surface area is 134 Å². The largest absolute Gasteiger partial charge is 0.398 e. The highest BCUT2D eigenvalue weighted by Crippen LogP contribution is 2.25. The molecule has 22 heavy (non-hydrogen) atoms. The van der Waals surface area contributed by atoms with Crippen LogP contribution < -0.4 is 5.32 Å². The van der Waals surface area contributed by atoms with Gasteiger partial charge in [0, 0.05) is 11.4 Å². The molecule has 0 amide bonds. The summed E-state index contributed by atoms with van der Waals surface area (Å²) in [5, 5.41) is 11.8. The van der Waals surface area contributed by atoms with Crippen molar-refractivity contribution in [1.82, 2.24) is 10.2 Å². The summed E-state index contributed by atoms with van der Waals surface area (Å²) in [5.74, 6) is 0.812. The van der Waals surface area contributed by atoms with Crippen molar-refractivity contribution in [2.45, 2.75) is 24.8 Å². The van der Waals surface area contributed by atoms with E-state index in [0.29, 0.717) is 11.2 Å². The number of nitrogens with zero attached hydrogens (tertiary/aromatic N) is 2. The Hall–Kier alpha value is -2.27. The second-order valence-electron chi connectivity index (χ2n) is 5.09. The normalized spacial score (nSPS) is 10.6. The highest BCUT2D eigenvalue weighted by molar-refractivity contribution is 7.98. The lowest BCUT2D eigenvalue weighted by Gasteiger charge is -2.04. The molecule has 0 bridgehead atoms. The molecule has 3 rings (SSSR count). The first kappa shape index (κ1) is 14.7. The third-order valence-electron chi connectivity index (χ3n) is 3.28. The lowest BCUT2D eigenvalue weighted by molar-refractivity contribution is 0.468. The third kappa shape index (κ3) is 3.68. The van der Waals surface area contributed by atoms with Crippen LogP contribution in [0.3, 0.4) is 0 Å². The molecule has 1 N–H and O–H groups in total. The van der Waals surface area contributed by atoms with Gasteiger partial charge in [-0.15, -0.1) is 0 Å². The maximum Gasteiger partial charge on any atom is 0.320 e. The Kier molecular flexibility index (Phi) is 4.44. The van der Waals surface area contributed by atoms with Crippen molar-refractivity contribution < 1.29 is 4.42 Å². The Morgan fingerprint density at radius 1 is 1.00 bits per heavy atom. The first-order chi connectivity index (χ1) is 10.7. The van der Waals surface area contributed by atoms with Crippen molar-refractivity contribution >= 4 is 23.5 Å². The van der Waals surface area contributed by atoms with Gasteiger partial charge in [0.15, 0.2) is 0 Å². The number of aromatic nitrogens is 2. The fourth-order valence-electron chi connectivity index (χ4n) is 1.98. The molecule has 0 fully saturated rings. The predicted octanol–water partition coefficient (Wildman–Crippen LogP) is 4.72. The molecular formula is C17H17N3OS. The van der Waals surface area contributed by atoms with Gasteiger partial charge in [0.25, 0.3) is 5.22 Å². The molecule has 4 nitrogen and oxygen atoms in total. The molecule has 0 aliphatic carbocycles. The number of rotatable bonds is 5. The highest BCUT2D eigenvalue weighted by Gasteiger charge is 2.08. The van der Waals surface area contributed by atoms with Gasteiger partial charge in [-0.25, -0.2) is 0 Å². The molecule has 0 atom stereocenters. The van der Waals surface area contributed by atoms with Crippen molar-refractivity contribution in [3.8, 4) is 0 Å². The molecule has 0 saturated heterocycles. The lowest BCUT2D eigenvalue weighted by Crippen LogP contribution is -1.92. The summed E-state index contributed by atoms with van der Waals surface area (Å²) in [5.41, 5.74) is 4.61. The summed E-state index contributed by atoms with van der Waals surface area (Å²) in [6.45, 7) is 4.12. The maximum atomic E-state index is 5.62. The van der Waals surface area contributed by atoms with Crippen LogP contribution in [0.1, 0.15) is 16.7 Å². The highest BCUT2D eigenvalue weighted by atomic mass is 32.2. The van der Waals surface area contributed by atoms with E-state index < -0.39 is 0 Å². The summed E-state index contributed by atoms with van der Waals surface area (Å²) in [4.78, 5) is 0. The number of anilines is 2. The molecule has 2 aromatic carbocycles. The minimum absolute atomic E-state index is 0.417. The fourth-order valence-corrected chi connectivity index (χ4v) is 2.70. The Morgan fingerprint density at radius 3 is 2.55 bits per heavy atom. The van der Waals surface area contributed by atoms with Crippen molar-refractivity contribution in [3.63, 3.8) is 0 Å². The Balaban J connectivity index is 1.61. The second-order valence-corrected chi connectivity index (χ2v) is 6.01. The van der Waals surface area contributed by atoms with Gasteiger partial charge in [0.2, 0.25) is 0 Å². The number of hydrogen-bond acceptors (Lipinski definition) is 5. The van der Waals surface area contributed by atoms with Crippen LogP contribution in [0.15, 0.2) is 58.2 Å². The minimum atomic E-state index is 0.417. The van der Waals surface area contributed by atoms with Crippen LogP contribution in [0.2, 0.25) is 0 Å². The first-order valence-corrected chi connectivity index (χ1v) is 8.04. The predicted molar refractivity (Wildman–Crippen MR) is 89.5 cm³/mol. The average Bonchev–Trinajstić information content (AvgIpc) is 2.97. The zero-order valence-electron chi connectivity index (χ0n) is 12.5. The molecule has 1 heterocycles. The number of hydrogen-bond donors (Lipinski definition) is 1. The molecule has 0 radical (unpaired) electrons. The molecule has 112 valence electrons. The number of aryl methyl sites for hydroxylation is 2. The van der Waals surface area contributed by atoms with E-state index in [1.165, 1.54) is 22.9 Å². The molecule has 0 aliphatic rings. The SMILES string of the molecule is Cc1ccc(CSc2nnc(Nc3ccccc3C)o2)cc1. The lowest BCUT2D eigenvalue weighted by atomic mass is 10.2. The molecule has 0 spiro atoms. The van der Waals surface area contributed by atoms with Crippen LogP contribution >= 0.6 is 11.8 Å². The molecule has 1 aromatic heterocycles. The van der Waals surface area contributed by atoms with Crippen molar-refractivity contribution in [3.05, 3.63) is 65.2 Å². The van der Waals surface area contributed by atoms with E-state index >= 15 is 0 Å². The summed E-state index contributed by atoms with van der Waals surface area (Å²) >= 11 is 1.53. The van der Waals surface area contributed by atoms with Crippen molar-refractivity contribution in [2.24, 2.45) is 0 Å². The quantitative estimate of drug-likeness (QED) is 0.691. The molecule has 3 aromatic rings. The van der Waals surface area contributed by atoms with Crippen molar-refractivity contribution in [1.29, 1.82) is 0 Å². The Bertz CT molecular complexity index is 753. The fraction of sp³-hybridized carbons (Fsp3) is 0.176. The van der Waals surface area contributed by atoms with Crippen LogP contribution in [0.5, 0.6) is 0 Å². The van der Waals surface area contributed by atoms with Crippen LogP contribution in [0, 0.1) is 13.8 Å². The van der Waals surface area contributed by atoms with Crippen LogP contribution in [-0.2, 0) is 5.75 Å². The first-order valence-electron chi connectivity index (χ1n) is 7.05. The van der Waals surface area contributed by atoms with E-state index in [-0.39, 0.29) is 0 Å². The summed E-state index contributed by atoms with van der Waals surface area (Å²) in [7, 11) is 0. The topological polar surface area (TPSA) is 51.0 Å². The van der Waals surface area contributed by atoms with Crippen LogP contribution in [0.25, 0.3) is 0 Å². The smallest absolute Gasteiger partial charge is 0.320 e. The summed E-state index contributed by atoms with van der Waals surface area (Å²) in [6.07, 6.45) is 0.